The fourth-order valence-corrected chi connectivity index (χ4v) is 4.49. The van der Waals surface area contributed by atoms with Crippen molar-refractivity contribution in [3.8, 4) is 0 Å². The number of nitrogens with one attached hydrogen (secondary N) is 2. The highest BCUT2D eigenvalue weighted by molar-refractivity contribution is 8.02. The summed E-state index contributed by atoms with van der Waals surface area (Å²) in [7, 11) is 0. The number of nitrogens with zero attached hydrogens (tertiary/aromatic N) is 2. The van der Waals surface area contributed by atoms with Crippen LogP contribution in [-0.4, -0.2) is 21.4 Å². The molecule has 0 saturated heterocycles. The number of carbonyl (C=O) groups is 1. The third kappa shape index (κ3) is 5.25. The van der Waals surface area contributed by atoms with Crippen LogP contribution in [0, 0.1) is 5.82 Å². The van der Waals surface area contributed by atoms with Crippen molar-refractivity contribution in [1.29, 1.82) is 0 Å². The number of hydrogen-bond acceptors (Lipinski definition) is 7. The highest BCUT2D eigenvalue weighted by Gasteiger charge is 2.17. The van der Waals surface area contributed by atoms with Gasteiger partial charge in [0.15, 0.2) is 4.34 Å². The van der Waals surface area contributed by atoms with Gasteiger partial charge in [-0.2, -0.15) is 0 Å². The number of halogens is 1. The Morgan fingerprint density at radius 1 is 1.28 bits per heavy atom. The summed E-state index contributed by atoms with van der Waals surface area (Å²) < 4.78 is 13.6. The highest BCUT2D eigenvalue weighted by Crippen LogP contribution is 2.30. The molecule has 0 bridgehead atoms. The Balaban J connectivity index is 1.51. The standard InChI is InChI=1S/C16H15FN4OS3/c1-10(14(22)18-9-13-3-2-8-23-13)24-16-21-20-15(25-16)19-12-6-4-11(17)5-7-12/h2-8,10H,9H2,1H3,(H,18,22)(H,19,20)/t10-/m0/s1. The number of carbonyl (C=O) groups excluding carboxylic acids is 1. The molecular formula is C16H15FN4OS3. The number of aromatic nitrogens is 2. The van der Waals surface area contributed by atoms with Gasteiger partial charge in [0.1, 0.15) is 5.82 Å². The molecule has 0 fully saturated rings. The van der Waals surface area contributed by atoms with E-state index in [-0.39, 0.29) is 17.0 Å². The van der Waals surface area contributed by atoms with Gasteiger partial charge in [-0.1, -0.05) is 29.2 Å². The number of benzene rings is 1. The summed E-state index contributed by atoms with van der Waals surface area (Å²) in [6, 6.07) is 9.95. The lowest BCUT2D eigenvalue weighted by molar-refractivity contribution is -0.120. The molecule has 1 amide bonds. The Hall–Kier alpha value is -1.97. The Morgan fingerprint density at radius 3 is 2.80 bits per heavy atom. The molecule has 3 rings (SSSR count). The normalized spacial score (nSPS) is 11.9. The second-order valence-corrected chi connectivity index (χ2v) is 8.66. The molecule has 2 N–H and O–H groups in total. The Bertz CT molecular complexity index is 820. The van der Waals surface area contributed by atoms with Crippen LogP contribution in [0.15, 0.2) is 46.1 Å². The van der Waals surface area contributed by atoms with Crippen molar-refractivity contribution in [1.82, 2.24) is 15.5 Å². The zero-order valence-corrected chi connectivity index (χ0v) is 15.7. The van der Waals surface area contributed by atoms with E-state index in [4.69, 9.17) is 0 Å². The van der Waals surface area contributed by atoms with Crippen LogP contribution < -0.4 is 10.6 Å². The van der Waals surface area contributed by atoms with Crippen molar-refractivity contribution in [3.05, 3.63) is 52.5 Å². The number of thiophene rings is 1. The maximum absolute atomic E-state index is 12.9. The van der Waals surface area contributed by atoms with E-state index in [1.807, 2.05) is 24.4 Å². The summed E-state index contributed by atoms with van der Waals surface area (Å²) in [5, 5.41) is 16.4. The molecule has 2 heterocycles. The van der Waals surface area contributed by atoms with Crippen LogP contribution in [0.4, 0.5) is 15.2 Å². The van der Waals surface area contributed by atoms with Crippen LogP contribution >= 0.6 is 34.4 Å². The molecule has 0 aliphatic heterocycles. The topological polar surface area (TPSA) is 66.9 Å². The number of hydrogen-bond donors (Lipinski definition) is 2. The molecule has 0 aliphatic rings. The number of amides is 1. The maximum atomic E-state index is 12.9. The lowest BCUT2D eigenvalue weighted by Crippen LogP contribution is -2.30. The average molecular weight is 395 g/mol. The molecular weight excluding hydrogens is 379 g/mol. The molecule has 0 unspecified atom stereocenters. The van der Waals surface area contributed by atoms with Crippen molar-refractivity contribution in [2.45, 2.75) is 23.1 Å². The summed E-state index contributed by atoms with van der Waals surface area (Å²) in [4.78, 5) is 13.3. The van der Waals surface area contributed by atoms with Gasteiger partial charge in [-0.25, -0.2) is 4.39 Å². The number of anilines is 2. The molecule has 0 saturated carbocycles. The molecule has 0 radical (unpaired) electrons. The summed E-state index contributed by atoms with van der Waals surface area (Å²) in [6.45, 7) is 2.37. The summed E-state index contributed by atoms with van der Waals surface area (Å²) in [6.07, 6.45) is 0. The van der Waals surface area contributed by atoms with Gasteiger partial charge >= 0.3 is 0 Å². The molecule has 25 heavy (non-hydrogen) atoms. The molecule has 2 aromatic heterocycles. The first kappa shape index (κ1) is 17.8. The molecule has 1 atom stereocenters. The van der Waals surface area contributed by atoms with Gasteiger partial charge in [-0.3, -0.25) is 4.79 Å². The van der Waals surface area contributed by atoms with Crippen LogP contribution in [-0.2, 0) is 11.3 Å². The third-order valence-corrected chi connectivity index (χ3v) is 6.07. The van der Waals surface area contributed by atoms with Crippen LogP contribution in [0.25, 0.3) is 0 Å². The fourth-order valence-electron chi connectivity index (χ4n) is 1.90. The minimum atomic E-state index is -0.290. The fraction of sp³-hybridized carbons (Fsp3) is 0.188. The Kier molecular flexibility index (Phi) is 6.00. The third-order valence-electron chi connectivity index (χ3n) is 3.17. The smallest absolute Gasteiger partial charge is 0.233 e. The minimum absolute atomic E-state index is 0.0401. The predicted molar refractivity (Wildman–Crippen MR) is 101 cm³/mol. The minimum Gasteiger partial charge on any atom is -0.350 e. The summed E-state index contributed by atoms with van der Waals surface area (Å²) >= 11 is 4.32. The molecule has 3 aromatic rings. The number of rotatable bonds is 7. The molecule has 130 valence electrons. The van der Waals surface area contributed by atoms with E-state index in [0.29, 0.717) is 16.0 Å². The van der Waals surface area contributed by atoms with Crippen LogP contribution in [0.3, 0.4) is 0 Å². The molecule has 0 spiro atoms. The van der Waals surface area contributed by atoms with E-state index >= 15 is 0 Å². The molecule has 1 aromatic carbocycles. The van der Waals surface area contributed by atoms with Gasteiger partial charge in [0.05, 0.1) is 11.8 Å². The van der Waals surface area contributed by atoms with Crippen molar-refractivity contribution < 1.29 is 9.18 Å². The summed E-state index contributed by atoms with van der Waals surface area (Å²) in [5.41, 5.74) is 0.732. The lowest BCUT2D eigenvalue weighted by Gasteiger charge is -2.09. The quantitative estimate of drug-likeness (QED) is 0.586. The zero-order chi connectivity index (χ0) is 17.6. The maximum Gasteiger partial charge on any atom is 0.233 e. The van der Waals surface area contributed by atoms with E-state index in [9.17, 15) is 9.18 Å². The monoisotopic (exact) mass is 394 g/mol. The average Bonchev–Trinajstić information content (AvgIpc) is 3.27. The number of thioether (sulfide) groups is 1. The second kappa shape index (κ2) is 8.41. The first-order valence-corrected chi connectivity index (χ1v) is 10.0. The predicted octanol–water partition coefficient (Wildman–Crippen LogP) is 4.28. The van der Waals surface area contributed by atoms with Gasteiger partial charge < -0.3 is 10.6 Å². The zero-order valence-electron chi connectivity index (χ0n) is 13.2. The van der Waals surface area contributed by atoms with E-state index in [1.165, 1.54) is 35.2 Å². The lowest BCUT2D eigenvalue weighted by atomic mass is 10.3. The van der Waals surface area contributed by atoms with Crippen molar-refractivity contribution in [2.75, 3.05) is 5.32 Å². The molecule has 9 heteroatoms. The van der Waals surface area contributed by atoms with Crippen LogP contribution in [0.1, 0.15) is 11.8 Å². The van der Waals surface area contributed by atoms with E-state index < -0.39 is 0 Å². The van der Waals surface area contributed by atoms with Crippen molar-refractivity contribution in [2.24, 2.45) is 0 Å². The largest absolute Gasteiger partial charge is 0.350 e. The van der Waals surface area contributed by atoms with Crippen LogP contribution in [0.5, 0.6) is 0 Å². The summed E-state index contributed by atoms with van der Waals surface area (Å²) in [5.74, 6) is -0.330. The first-order chi connectivity index (χ1) is 12.1. The van der Waals surface area contributed by atoms with E-state index in [1.54, 1.807) is 23.5 Å². The SMILES string of the molecule is C[C@H](Sc1nnc(Nc2ccc(F)cc2)s1)C(=O)NCc1cccs1. The van der Waals surface area contributed by atoms with Gasteiger partial charge in [-0.15, -0.1) is 21.5 Å². The van der Waals surface area contributed by atoms with Crippen molar-refractivity contribution in [3.63, 3.8) is 0 Å². The van der Waals surface area contributed by atoms with Gasteiger partial charge in [0.25, 0.3) is 0 Å². The van der Waals surface area contributed by atoms with Gasteiger partial charge in [0, 0.05) is 10.6 Å². The van der Waals surface area contributed by atoms with Crippen molar-refractivity contribution >= 4 is 51.2 Å². The van der Waals surface area contributed by atoms with Crippen LogP contribution in [0.2, 0.25) is 0 Å². The molecule has 0 aliphatic carbocycles. The first-order valence-electron chi connectivity index (χ1n) is 7.43. The highest BCUT2D eigenvalue weighted by atomic mass is 32.2. The molecule has 5 nitrogen and oxygen atoms in total. The van der Waals surface area contributed by atoms with Gasteiger partial charge in [-0.05, 0) is 42.6 Å². The van der Waals surface area contributed by atoms with Gasteiger partial charge in [0.2, 0.25) is 11.0 Å². The van der Waals surface area contributed by atoms with E-state index in [0.717, 1.165) is 10.6 Å². The Labute approximate surface area is 156 Å². The Morgan fingerprint density at radius 2 is 2.08 bits per heavy atom. The second-order valence-electron chi connectivity index (χ2n) is 5.06. The van der Waals surface area contributed by atoms with E-state index in [2.05, 4.69) is 20.8 Å².